The second-order valence-electron chi connectivity index (χ2n) is 5.41. The zero-order chi connectivity index (χ0) is 15.4. The molecule has 0 amide bonds. The van der Waals surface area contributed by atoms with Crippen molar-refractivity contribution in [3.8, 4) is 11.8 Å². The number of nitrogens with zero attached hydrogens (tertiary/aromatic N) is 1. The van der Waals surface area contributed by atoms with Crippen molar-refractivity contribution in [3.05, 3.63) is 64.7 Å². The van der Waals surface area contributed by atoms with E-state index >= 15 is 0 Å². The lowest BCUT2D eigenvalue weighted by Gasteiger charge is -2.21. The average molecular weight is 280 g/mol. The van der Waals surface area contributed by atoms with E-state index in [1.165, 1.54) is 0 Å². The van der Waals surface area contributed by atoms with Crippen molar-refractivity contribution in [2.75, 3.05) is 0 Å². The summed E-state index contributed by atoms with van der Waals surface area (Å²) in [7, 11) is 0. The van der Waals surface area contributed by atoms with Gasteiger partial charge in [-0.3, -0.25) is 0 Å². The molecule has 0 aliphatic carbocycles. The van der Waals surface area contributed by atoms with Gasteiger partial charge in [0.15, 0.2) is 0 Å². The first-order valence-corrected chi connectivity index (χ1v) is 7.07. The first-order valence-electron chi connectivity index (χ1n) is 7.07. The number of phenols is 1. The van der Waals surface area contributed by atoms with Gasteiger partial charge >= 0.3 is 0 Å². The van der Waals surface area contributed by atoms with Gasteiger partial charge in [0.25, 0.3) is 0 Å². The second-order valence-corrected chi connectivity index (χ2v) is 5.41. The molecular formula is C18H20N2O. The lowest BCUT2D eigenvalue weighted by atomic mass is 10.0. The Hall–Kier alpha value is -2.31. The third-order valence-corrected chi connectivity index (χ3v) is 3.69. The van der Waals surface area contributed by atoms with Crippen LogP contribution in [-0.2, 0) is 0 Å². The van der Waals surface area contributed by atoms with Crippen molar-refractivity contribution < 1.29 is 5.11 Å². The highest BCUT2D eigenvalue weighted by atomic mass is 16.3. The van der Waals surface area contributed by atoms with Gasteiger partial charge in [0, 0.05) is 17.6 Å². The van der Waals surface area contributed by atoms with E-state index in [0.717, 1.165) is 16.7 Å². The van der Waals surface area contributed by atoms with Crippen molar-refractivity contribution in [1.29, 1.82) is 5.26 Å². The van der Waals surface area contributed by atoms with Crippen LogP contribution in [-0.4, -0.2) is 5.11 Å². The Morgan fingerprint density at radius 1 is 1.05 bits per heavy atom. The van der Waals surface area contributed by atoms with E-state index < -0.39 is 0 Å². The largest absolute Gasteiger partial charge is 0.508 e. The molecule has 0 saturated carbocycles. The number of aromatic hydroxyl groups is 1. The molecule has 0 saturated heterocycles. The smallest absolute Gasteiger partial charge is 0.120 e. The van der Waals surface area contributed by atoms with Crippen LogP contribution in [0.2, 0.25) is 0 Å². The van der Waals surface area contributed by atoms with Crippen molar-refractivity contribution in [3.63, 3.8) is 0 Å². The van der Waals surface area contributed by atoms with Gasteiger partial charge < -0.3 is 10.4 Å². The van der Waals surface area contributed by atoms with Crippen molar-refractivity contribution >= 4 is 0 Å². The molecule has 108 valence electrons. The Morgan fingerprint density at radius 3 is 2.29 bits per heavy atom. The van der Waals surface area contributed by atoms with E-state index in [9.17, 15) is 5.11 Å². The van der Waals surface area contributed by atoms with E-state index in [1.807, 2.05) is 50.2 Å². The van der Waals surface area contributed by atoms with Crippen LogP contribution in [0.15, 0.2) is 42.5 Å². The standard InChI is InChI=1S/C18H20N2O/c1-12-4-9-17(18(21)10-12)14(3)20-13(2)16-7-5-15(11-19)6-8-16/h4-10,13-14,20-21H,1-3H3. The third kappa shape index (κ3) is 3.62. The highest BCUT2D eigenvalue weighted by Crippen LogP contribution is 2.27. The summed E-state index contributed by atoms with van der Waals surface area (Å²) in [6.07, 6.45) is 0. The van der Waals surface area contributed by atoms with Gasteiger partial charge in [-0.1, -0.05) is 24.3 Å². The van der Waals surface area contributed by atoms with Crippen LogP contribution in [0.5, 0.6) is 5.75 Å². The quantitative estimate of drug-likeness (QED) is 0.890. The Labute approximate surface area is 125 Å². The fourth-order valence-corrected chi connectivity index (χ4v) is 2.43. The molecule has 0 aromatic heterocycles. The second kappa shape index (κ2) is 6.43. The van der Waals surface area contributed by atoms with Crippen LogP contribution >= 0.6 is 0 Å². The number of hydrogen-bond donors (Lipinski definition) is 2. The highest BCUT2D eigenvalue weighted by molar-refractivity contribution is 5.38. The van der Waals surface area contributed by atoms with E-state index in [4.69, 9.17) is 5.26 Å². The minimum absolute atomic E-state index is 0.0382. The molecule has 0 aliphatic heterocycles. The van der Waals surface area contributed by atoms with Crippen LogP contribution in [0, 0.1) is 18.3 Å². The molecule has 0 bridgehead atoms. The summed E-state index contributed by atoms with van der Waals surface area (Å²) in [5, 5.41) is 22.3. The maximum absolute atomic E-state index is 10.0. The summed E-state index contributed by atoms with van der Waals surface area (Å²) in [4.78, 5) is 0. The zero-order valence-electron chi connectivity index (χ0n) is 12.6. The van der Waals surface area contributed by atoms with Gasteiger partial charge in [0.1, 0.15) is 5.75 Å². The minimum Gasteiger partial charge on any atom is -0.508 e. The first-order chi connectivity index (χ1) is 10.0. The number of nitriles is 1. The minimum atomic E-state index is 0.0382. The van der Waals surface area contributed by atoms with E-state index in [2.05, 4.69) is 18.3 Å². The van der Waals surface area contributed by atoms with Crippen LogP contribution in [0.3, 0.4) is 0 Å². The van der Waals surface area contributed by atoms with Crippen LogP contribution in [0.4, 0.5) is 0 Å². The number of phenolic OH excluding ortho intramolecular Hbond substituents is 1. The molecule has 2 aromatic rings. The van der Waals surface area contributed by atoms with Crippen LogP contribution in [0.25, 0.3) is 0 Å². The number of rotatable bonds is 4. The summed E-state index contributed by atoms with van der Waals surface area (Å²) >= 11 is 0. The summed E-state index contributed by atoms with van der Waals surface area (Å²) < 4.78 is 0. The van der Waals surface area contributed by atoms with Crippen molar-refractivity contribution in [2.45, 2.75) is 32.9 Å². The molecule has 2 rings (SSSR count). The van der Waals surface area contributed by atoms with Crippen LogP contribution in [0.1, 0.15) is 48.2 Å². The fraction of sp³-hybridized carbons (Fsp3) is 0.278. The third-order valence-electron chi connectivity index (χ3n) is 3.69. The van der Waals surface area contributed by atoms with Crippen LogP contribution < -0.4 is 5.32 Å². The van der Waals surface area contributed by atoms with E-state index in [1.54, 1.807) is 6.07 Å². The van der Waals surface area contributed by atoms with Crippen molar-refractivity contribution in [2.24, 2.45) is 0 Å². The van der Waals surface area contributed by atoms with E-state index in [0.29, 0.717) is 11.3 Å². The molecule has 2 unspecified atom stereocenters. The molecule has 0 spiro atoms. The van der Waals surface area contributed by atoms with E-state index in [-0.39, 0.29) is 12.1 Å². The molecular weight excluding hydrogens is 260 g/mol. The molecule has 2 N–H and O–H groups in total. The molecule has 0 heterocycles. The van der Waals surface area contributed by atoms with Gasteiger partial charge in [-0.2, -0.15) is 5.26 Å². The highest BCUT2D eigenvalue weighted by Gasteiger charge is 2.14. The summed E-state index contributed by atoms with van der Waals surface area (Å²) in [6.45, 7) is 6.06. The number of nitrogens with one attached hydrogen (secondary N) is 1. The number of aryl methyl sites for hydroxylation is 1. The molecule has 3 heteroatoms. The number of hydrogen-bond acceptors (Lipinski definition) is 3. The van der Waals surface area contributed by atoms with Gasteiger partial charge in [0.2, 0.25) is 0 Å². The fourth-order valence-electron chi connectivity index (χ4n) is 2.43. The molecule has 0 aliphatic rings. The monoisotopic (exact) mass is 280 g/mol. The maximum Gasteiger partial charge on any atom is 0.120 e. The Bertz CT molecular complexity index is 656. The molecule has 3 nitrogen and oxygen atoms in total. The molecule has 2 aromatic carbocycles. The van der Waals surface area contributed by atoms with Gasteiger partial charge in [-0.05, 0) is 50.1 Å². The lowest BCUT2D eigenvalue weighted by molar-refractivity contribution is 0.438. The molecule has 0 fully saturated rings. The molecule has 2 atom stereocenters. The Morgan fingerprint density at radius 2 is 1.71 bits per heavy atom. The number of benzene rings is 2. The zero-order valence-corrected chi connectivity index (χ0v) is 12.6. The molecule has 21 heavy (non-hydrogen) atoms. The Kier molecular flexibility index (Phi) is 4.62. The normalized spacial score (nSPS) is 13.4. The predicted octanol–water partition coefficient (Wildman–Crippen LogP) is 3.98. The SMILES string of the molecule is Cc1ccc(C(C)NC(C)c2ccc(C#N)cc2)c(O)c1. The molecule has 0 radical (unpaired) electrons. The Balaban J connectivity index is 2.10. The average Bonchev–Trinajstić information content (AvgIpc) is 2.47. The maximum atomic E-state index is 10.0. The van der Waals surface area contributed by atoms with Gasteiger partial charge in [-0.15, -0.1) is 0 Å². The predicted molar refractivity (Wildman–Crippen MR) is 84.0 cm³/mol. The van der Waals surface area contributed by atoms with Gasteiger partial charge in [-0.25, -0.2) is 0 Å². The van der Waals surface area contributed by atoms with Gasteiger partial charge in [0.05, 0.1) is 11.6 Å². The summed E-state index contributed by atoms with van der Waals surface area (Å²) in [5.41, 5.74) is 3.72. The summed E-state index contributed by atoms with van der Waals surface area (Å²) in [5.74, 6) is 0.321. The summed E-state index contributed by atoms with van der Waals surface area (Å²) in [6, 6.07) is 15.6. The topological polar surface area (TPSA) is 56.0 Å². The van der Waals surface area contributed by atoms with Crippen molar-refractivity contribution in [1.82, 2.24) is 5.32 Å². The first kappa shape index (κ1) is 15.1. The lowest BCUT2D eigenvalue weighted by Crippen LogP contribution is -2.22.